The summed E-state index contributed by atoms with van der Waals surface area (Å²) < 4.78 is 10.7. The summed E-state index contributed by atoms with van der Waals surface area (Å²) in [4.78, 5) is 24.3. The van der Waals surface area contributed by atoms with Gasteiger partial charge in [-0.25, -0.2) is 0 Å². The fourth-order valence-corrected chi connectivity index (χ4v) is 6.04. The monoisotopic (exact) mass is 672 g/mol. The minimum Gasteiger partial charge on any atom is -0.461 e. The molecule has 5 nitrogen and oxygen atoms in total. The average molecular weight is 672 g/mol. The molecular formula is C43H77NO4. The Morgan fingerprint density at radius 3 is 1.10 bits per heavy atom. The van der Waals surface area contributed by atoms with Crippen LogP contribution in [0.5, 0.6) is 0 Å². The van der Waals surface area contributed by atoms with E-state index in [1.165, 1.54) is 160 Å². The van der Waals surface area contributed by atoms with E-state index in [0.29, 0.717) is 18.4 Å². The van der Waals surface area contributed by atoms with Crippen LogP contribution in [0, 0.1) is 11.3 Å². The van der Waals surface area contributed by atoms with Gasteiger partial charge in [0.2, 0.25) is 0 Å². The Labute approximate surface area is 298 Å². The molecule has 0 atom stereocenters. The van der Waals surface area contributed by atoms with Gasteiger partial charge in [-0.2, -0.15) is 5.26 Å². The first-order valence-electron chi connectivity index (χ1n) is 20.7. The number of hydrogen-bond acceptors (Lipinski definition) is 5. The lowest BCUT2D eigenvalue weighted by Crippen LogP contribution is -2.13. The molecule has 48 heavy (non-hydrogen) atoms. The molecule has 0 radical (unpaired) electrons. The van der Waals surface area contributed by atoms with Gasteiger partial charge >= 0.3 is 11.9 Å². The Hall–Kier alpha value is -2.09. The molecule has 0 spiro atoms. The zero-order valence-electron chi connectivity index (χ0n) is 31.9. The normalized spacial score (nSPS) is 11.6. The number of rotatable bonds is 37. The standard InChI is InChI=1S/C43H77NO4/c1-3-5-7-9-11-13-15-17-19-20-22-24-26-28-30-32-34-36-43(46)48-40-41(37-38-44)39-47-42(45)35-33-31-29-27-25-23-21-18-16-14-12-10-8-6-4-2/h11,13,37H,3-10,12,14-36,39-40H2,1-2H3/b13-11?,41-37+. The summed E-state index contributed by atoms with van der Waals surface area (Å²) in [6, 6.07) is 1.97. The van der Waals surface area contributed by atoms with Crippen molar-refractivity contribution in [3.63, 3.8) is 0 Å². The SMILES string of the molecule is CCCCCC=CCCCCCCCCCCCCC(=O)OC/C(=C/C#N)COC(=O)CCCCCCCCCCCCCCCCC. The van der Waals surface area contributed by atoms with Crippen LogP contribution in [0.25, 0.3) is 0 Å². The molecule has 0 N–H and O–H groups in total. The van der Waals surface area contributed by atoms with Gasteiger partial charge in [-0.1, -0.05) is 180 Å². The fraction of sp³-hybridized carbons (Fsp3) is 0.837. The second-order valence-electron chi connectivity index (χ2n) is 14.0. The summed E-state index contributed by atoms with van der Waals surface area (Å²) >= 11 is 0. The Morgan fingerprint density at radius 1 is 0.458 bits per heavy atom. The maximum atomic E-state index is 12.2. The number of unbranched alkanes of at least 4 members (excludes halogenated alkanes) is 27. The number of hydrogen-bond donors (Lipinski definition) is 0. The molecule has 0 rings (SSSR count). The van der Waals surface area contributed by atoms with Crippen molar-refractivity contribution < 1.29 is 19.1 Å². The first kappa shape index (κ1) is 45.9. The van der Waals surface area contributed by atoms with Gasteiger partial charge in [0.05, 0.1) is 6.07 Å². The van der Waals surface area contributed by atoms with Crippen molar-refractivity contribution in [1.29, 1.82) is 5.26 Å². The molecular weight excluding hydrogens is 594 g/mol. The van der Waals surface area contributed by atoms with Crippen LogP contribution >= 0.6 is 0 Å². The smallest absolute Gasteiger partial charge is 0.306 e. The lowest BCUT2D eigenvalue weighted by molar-refractivity contribution is -0.144. The molecule has 0 saturated heterocycles. The van der Waals surface area contributed by atoms with Crippen molar-refractivity contribution in [2.75, 3.05) is 13.2 Å². The van der Waals surface area contributed by atoms with Crippen LogP contribution in [0.4, 0.5) is 0 Å². The third-order valence-corrected chi connectivity index (χ3v) is 9.23. The Kier molecular flexibility index (Phi) is 37.6. The summed E-state index contributed by atoms with van der Waals surface area (Å²) in [5.41, 5.74) is 0.523. The summed E-state index contributed by atoms with van der Waals surface area (Å²) in [7, 11) is 0. The van der Waals surface area contributed by atoms with E-state index >= 15 is 0 Å². The molecule has 0 aromatic carbocycles. The minimum atomic E-state index is -0.251. The quantitative estimate of drug-likeness (QED) is 0.0284. The van der Waals surface area contributed by atoms with E-state index in [1.807, 2.05) is 6.07 Å². The maximum absolute atomic E-state index is 12.2. The summed E-state index contributed by atoms with van der Waals surface area (Å²) in [5, 5.41) is 9.08. The number of carbonyl (C=O) groups is 2. The molecule has 0 unspecified atom stereocenters. The van der Waals surface area contributed by atoms with Gasteiger partial charge in [-0.3, -0.25) is 9.59 Å². The minimum absolute atomic E-state index is 0.00782. The van der Waals surface area contributed by atoms with Crippen molar-refractivity contribution in [2.45, 2.75) is 219 Å². The Bertz CT molecular complexity index is 812. The van der Waals surface area contributed by atoms with Crippen LogP contribution in [0.2, 0.25) is 0 Å². The molecule has 0 aromatic heterocycles. The Morgan fingerprint density at radius 2 is 0.750 bits per heavy atom. The molecule has 5 heteroatoms. The number of nitrogens with zero attached hydrogens (tertiary/aromatic N) is 1. The lowest BCUT2D eigenvalue weighted by Gasteiger charge is -2.09. The predicted molar refractivity (Wildman–Crippen MR) is 204 cm³/mol. The van der Waals surface area contributed by atoms with E-state index in [1.54, 1.807) is 0 Å². The van der Waals surface area contributed by atoms with Gasteiger partial charge < -0.3 is 9.47 Å². The zero-order chi connectivity index (χ0) is 35.0. The van der Waals surface area contributed by atoms with Crippen molar-refractivity contribution in [2.24, 2.45) is 0 Å². The zero-order valence-corrected chi connectivity index (χ0v) is 31.9. The van der Waals surface area contributed by atoms with Crippen molar-refractivity contribution >= 4 is 11.9 Å². The van der Waals surface area contributed by atoms with E-state index in [-0.39, 0.29) is 25.2 Å². The van der Waals surface area contributed by atoms with E-state index in [0.717, 1.165) is 38.5 Å². The van der Waals surface area contributed by atoms with Crippen molar-refractivity contribution in [3.8, 4) is 6.07 Å². The van der Waals surface area contributed by atoms with E-state index in [4.69, 9.17) is 14.7 Å². The third kappa shape index (κ3) is 36.7. The highest BCUT2D eigenvalue weighted by molar-refractivity contribution is 5.70. The average Bonchev–Trinajstić information content (AvgIpc) is 3.09. The lowest BCUT2D eigenvalue weighted by atomic mass is 10.0. The summed E-state index contributed by atoms with van der Waals surface area (Å²) in [6.07, 6.45) is 44.8. The van der Waals surface area contributed by atoms with Crippen LogP contribution in [-0.4, -0.2) is 25.2 Å². The first-order valence-corrected chi connectivity index (χ1v) is 20.7. The van der Waals surface area contributed by atoms with Gasteiger partial charge in [-0.15, -0.1) is 0 Å². The third-order valence-electron chi connectivity index (χ3n) is 9.23. The van der Waals surface area contributed by atoms with Gasteiger partial charge in [0, 0.05) is 24.5 Å². The largest absolute Gasteiger partial charge is 0.461 e. The molecule has 0 bridgehead atoms. The molecule has 278 valence electrons. The van der Waals surface area contributed by atoms with Crippen LogP contribution < -0.4 is 0 Å². The number of nitriles is 1. The van der Waals surface area contributed by atoms with E-state index in [2.05, 4.69) is 26.0 Å². The number of carbonyl (C=O) groups excluding carboxylic acids is 2. The highest BCUT2D eigenvalue weighted by atomic mass is 16.5. The van der Waals surface area contributed by atoms with E-state index < -0.39 is 0 Å². The molecule has 0 aliphatic carbocycles. The molecule has 0 saturated carbocycles. The first-order chi connectivity index (χ1) is 23.6. The molecule has 0 heterocycles. The van der Waals surface area contributed by atoms with Gasteiger partial charge in [-0.05, 0) is 38.5 Å². The summed E-state index contributed by atoms with van der Waals surface area (Å²) in [5.74, 6) is -0.500. The number of ether oxygens (including phenoxy) is 2. The topological polar surface area (TPSA) is 76.4 Å². The summed E-state index contributed by atoms with van der Waals surface area (Å²) in [6.45, 7) is 4.54. The molecule has 0 aliphatic rings. The van der Waals surface area contributed by atoms with Gasteiger partial charge in [0.1, 0.15) is 13.2 Å². The van der Waals surface area contributed by atoms with Gasteiger partial charge in [0.25, 0.3) is 0 Å². The Balaban J connectivity index is 3.61. The highest BCUT2D eigenvalue weighted by Crippen LogP contribution is 2.15. The van der Waals surface area contributed by atoms with Crippen LogP contribution in [-0.2, 0) is 19.1 Å². The van der Waals surface area contributed by atoms with Crippen molar-refractivity contribution in [3.05, 3.63) is 23.8 Å². The van der Waals surface area contributed by atoms with Crippen LogP contribution in [0.15, 0.2) is 23.8 Å². The number of esters is 2. The molecule has 0 aromatic rings. The van der Waals surface area contributed by atoms with Crippen molar-refractivity contribution in [1.82, 2.24) is 0 Å². The second kappa shape index (κ2) is 39.3. The van der Waals surface area contributed by atoms with Crippen LogP contribution in [0.3, 0.4) is 0 Å². The van der Waals surface area contributed by atoms with Crippen LogP contribution in [0.1, 0.15) is 219 Å². The van der Waals surface area contributed by atoms with Gasteiger partial charge in [0.15, 0.2) is 0 Å². The molecule has 0 fully saturated rings. The second-order valence-corrected chi connectivity index (χ2v) is 14.0. The van der Waals surface area contributed by atoms with E-state index in [9.17, 15) is 9.59 Å². The predicted octanol–water partition coefficient (Wildman–Crippen LogP) is 13.6. The maximum Gasteiger partial charge on any atom is 0.306 e. The fourth-order valence-electron chi connectivity index (χ4n) is 6.04. The molecule has 0 aliphatic heterocycles. The number of allylic oxidation sites excluding steroid dienone is 3. The molecule has 0 amide bonds. The highest BCUT2D eigenvalue weighted by Gasteiger charge is 2.09.